The van der Waals surface area contributed by atoms with Crippen LogP contribution in [0.2, 0.25) is 0 Å². The second-order valence-electron chi connectivity index (χ2n) is 9.46. The van der Waals surface area contributed by atoms with Crippen molar-refractivity contribution in [2.75, 3.05) is 11.9 Å². The minimum atomic E-state index is -0.905. The number of halogens is 1. The van der Waals surface area contributed by atoms with Crippen LogP contribution in [0.1, 0.15) is 82.0 Å². The topological polar surface area (TPSA) is 40.6 Å². The van der Waals surface area contributed by atoms with E-state index in [1.807, 2.05) is 70.8 Å². The molecule has 0 spiro atoms. The fraction of sp³-hybridized carbons (Fsp3) is 0.438. The fourth-order valence-corrected chi connectivity index (χ4v) is 5.45. The van der Waals surface area contributed by atoms with E-state index in [1.54, 1.807) is 17.5 Å². The number of aryl methyl sites for hydroxylation is 2. The monoisotopic (exact) mass is 538 g/mol. The van der Waals surface area contributed by atoms with Crippen LogP contribution in [0, 0.1) is 19.7 Å². The normalized spacial score (nSPS) is 14.7. The van der Waals surface area contributed by atoms with E-state index in [0.717, 1.165) is 47.3 Å². The van der Waals surface area contributed by atoms with Gasteiger partial charge in [0.05, 0.1) is 6.42 Å². The van der Waals surface area contributed by atoms with Crippen molar-refractivity contribution in [3.63, 3.8) is 0 Å². The summed E-state index contributed by atoms with van der Waals surface area (Å²) in [6.45, 7) is 13.6. The zero-order valence-corrected chi connectivity index (χ0v) is 24.6. The van der Waals surface area contributed by atoms with Gasteiger partial charge in [-0.15, -0.1) is 11.8 Å². The van der Waals surface area contributed by atoms with E-state index in [9.17, 15) is 14.0 Å². The molecule has 0 saturated heterocycles. The number of carbonyl (C=O) groups is 2. The van der Waals surface area contributed by atoms with Gasteiger partial charge in [-0.05, 0) is 73.3 Å². The Kier molecular flexibility index (Phi) is 12.8. The fourth-order valence-electron chi connectivity index (χ4n) is 4.89. The Bertz CT molecular complexity index is 1120. The first-order valence-electron chi connectivity index (χ1n) is 13.6. The quantitative estimate of drug-likeness (QED) is 0.321. The summed E-state index contributed by atoms with van der Waals surface area (Å²) in [4.78, 5) is 32.4. The lowest BCUT2D eigenvalue weighted by Crippen LogP contribution is -2.48. The number of allylic oxidation sites excluding steroid dienone is 1. The van der Waals surface area contributed by atoms with Crippen LogP contribution in [-0.2, 0) is 9.59 Å². The van der Waals surface area contributed by atoms with Gasteiger partial charge in [0, 0.05) is 18.8 Å². The molecule has 206 valence electrons. The van der Waals surface area contributed by atoms with Gasteiger partial charge in [-0.1, -0.05) is 75.6 Å². The van der Waals surface area contributed by atoms with Crippen molar-refractivity contribution < 1.29 is 14.0 Å². The molecule has 0 bridgehead atoms. The van der Waals surface area contributed by atoms with Crippen LogP contribution in [0.3, 0.4) is 0 Å². The predicted octanol–water partition coefficient (Wildman–Crippen LogP) is 8.50. The average Bonchev–Trinajstić information content (AvgIpc) is 2.93. The van der Waals surface area contributed by atoms with Crippen molar-refractivity contribution in [2.24, 2.45) is 0 Å². The highest BCUT2D eigenvalue weighted by Gasteiger charge is 2.37. The van der Waals surface area contributed by atoms with Gasteiger partial charge in [0.25, 0.3) is 0 Å². The second-order valence-corrected chi connectivity index (χ2v) is 10.6. The van der Waals surface area contributed by atoms with Crippen LogP contribution in [0.5, 0.6) is 0 Å². The number of amides is 2. The molecule has 1 saturated carbocycles. The van der Waals surface area contributed by atoms with Crippen LogP contribution < -0.4 is 4.90 Å². The molecule has 1 fully saturated rings. The Morgan fingerprint density at radius 3 is 2.39 bits per heavy atom. The number of benzene rings is 2. The number of likely N-dealkylation sites (N-methyl/N-ethyl adjacent to an activating group) is 1. The Labute approximate surface area is 233 Å². The van der Waals surface area contributed by atoms with Crippen molar-refractivity contribution in [3.8, 4) is 0 Å². The Morgan fingerprint density at radius 2 is 1.79 bits per heavy atom. The molecule has 0 heterocycles. The number of hydrogen-bond donors (Lipinski definition) is 0. The first-order valence-corrected chi connectivity index (χ1v) is 14.5. The van der Waals surface area contributed by atoms with Crippen molar-refractivity contribution in [2.45, 2.75) is 85.2 Å². The maximum absolute atomic E-state index is 14.4. The summed E-state index contributed by atoms with van der Waals surface area (Å²) in [6.07, 6.45) is 7.23. The van der Waals surface area contributed by atoms with Crippen molar-refractivity contribution in [1.29, 1.82) is 0 Å². The molecule has 1 aliphatic carbocycles. The smallest absolute Gasteiger partial charge is 0.250 e. The molecule has 38 heavy (non-hydrogen) atoms. The SMILES string of the molecule is C=CS/C(=C\C)CC(=O)N(c1cccc(F)c1)C(C(=O)N(C)C1CCCCC1)c1cc(C)ccc1C.CC. The molecule has 4 nitrogen and oxygen atoms in total. The van der Waals surface area contributed by atoms with Gasteiger partial charge in [0.2, 0.25) is 11.8 Å². The molecule has 1 unspecified atom stereocenters. The number of thioether (sulfide) groups is 1. The van der Waals surface area contributed by atoms with Crippen LogP contribution in [0.15, 0.2) is 65.4 Å². The van der Waals surface area contributed by atoms with Gasteiger partial charge in [0.1, 0.15) is 11.9 Å². The van der Waals surface area contributed by atoms with E-state index in [4.69, 9.17) is 0 Å². The molecule has 1 aliphatic rings. The third-order valence-corrected chi connectivity index (χ3v) is 7.78. The lowest BCUT2D eigenvalue weighted by Gasteiger charge is -2.38. The van der Waals surface area contributed by atoms with Crippen molar-refractivity contribution in [1.82, 2.24) is 4.90 Å². The number of rotatable bonds is 9. The van der Waals surface area contributed by atoms with Gasteiger partial charge in [-0.2, -0.15) is 0 Å². The summed E-state index contributed by atoms with van der Waals surface area (Å²) in [5.41, 5.74) is 3.04. The third kappa shape index (κ3) is 8.07. The summed E-state index contributed by atoms with van der Waals surface area (Å²) in [5, 5.41) is 1.68. The van der Waals surface area contributed by atoms with E-state index in [-0.39, 0.29) is 24.3 Å². The zero-order chi connectivity index (χ0) is 28.2. The third-order valence-electron chi connectivity index (χ3n) is 6.93. The maximum atomic E-state index is 14.4. The molecule has 2 aromatic rings. The van der Waals surface area contributed by atoms with Crippen LogP contribution >= 0.6 is 11.8 Å². The van der Waals surface area contributed by atoms with E-state index in [0.29, 0.717) is 5.69 Å². The minimum absolute atomic E-state index is 0.0888. The summed E-state index contributed by atoms with van der Waals surface area (Å²) >= 11 is 1.38. The highest BCUT2D eigenvalue weighted by atomic mass is 32.2. The Balaban J connectivity index is 0.00000247. The summed E-state index contributed by atoms with van der Waals surface area (Å²) < 4.78 is 14.4. The highest BCUT2D eigenvalue weighted by molar-refractivity contribution is 8.05. The molecule has 0 N–H and O–H groups in total. The zero-order valence-electron chi connectivity index (χ0n) is 23.8. The summed E-state index contributed by atoms with van der Waals surface area (Å²) in [7, 11) is 1.84. The largest absolute Gasteiger partial charge is 0.341 e. The molecule has 3 rings (SSSR count). The van der Waals surface area contributed by atoms with Crippen LogP contribution in [-0.4, -0.2) is 29.8 Å². The summed E-state index contributed by atoms with van der Waals surface area (Å²) in [6, 6.07) is 11.1. The molecular weight excluding hydrogens is 495 g/mol. The van der Waals surface area contributed by atoms with E-state index in [1.165, 1.54) is 35.2 Å². The molecule has 6 heteroatoms. The number of carbonyl (C=O) groups excluding carboxylic acids is 2. The number of hydrogen-bond acceptors (Lipinski definition) is 3. The molecule has 0 aliphatic heterocycles. The van der Waals surface area contributed by atoms with Crippen molar-refractivity contribution in [3.05, 3.63) is 87.9 Å². The van der Waals surface area contributed by atoms with Gasteiger partial charge in [-0.25, -0.2) is 4.39 Å². The maximum Gasteiger partial charge on any atom is 0.250 e. The van der Waals surface area contributed by atoms with Gasteiger partial charge >= 0.3 is 0 Å². The second kappa shape index (κ2) is 15.5. The van der Waals surface area contributed by atoms with E-state index < -0.39 is 11.9 Å². The van der Waals surface area contributed by atoms with Gasteiger partial charge in [-0.3, -0.25) is 14.5 Å². The van der Waals surface area contributed by atoms with E-state index in [2.05, 4.69) is 6.58 Å². The Hall–Kier alpha value is -2.86. The standard InChI is InChI=1S/C30H37FN2O2S.C2H6/c1-6-26(36-7-2)20-28(34)33(25-15-11-12-23(31)19-25)29(27-18-21(3)16-17-22(27)4)30(35)32(5)24-13-9-8-10-14-24;1-2/h6-7,11-12,15-19,24,29H,2,8-10,13-14,20H2,1,3-5H3;1-2H3/b26-6-;. The molecular formula is C32H43FN2O2S. The molecule has 2 aromatic carbocycles. The predicted molar refractivity (Wildman–Crippen MR) is 160 cm³/mol. The number of nitrogens with zero attached hydrogens (tertiary/aromatic N) is 2. The molecule has 2 amide bonds. The Morgan fingerprint density at radius 1 is 1.11 bits per heavy atom. The molecule has 0 aromatic heterocycles. The van der Waals surface area contributed by atoms with Crippen LogP contribution in [0.4, 0.5) is 10.1 Å². The average molecular weight is 539 g/mol. The van der Waals surface area contributed by atoms with Crippen molar-refractivity contribution >= 4 is 29.3 Å². The highest BCUT2D eigenvalue weighted by Crippen LogP contribution is 2.35. The molecule has 0 radical (unpaired) electrons. The lowest BCUT2D eigenvalue weighted by atomic mass is 9.92. The first-order chi connectivity index (χ1) is 18.3. The number of anilines is 1. The van der Waals surface area contributed by atoms with E-state index >= 15 is 0 Å². The van der Waals surface area contributed by atoms with Gasteiger partial charge in [0.15, 0.2) is 0 Å². The van der Waals surface area contributed by atoms with Crippen LogP contribution in [0.25, 0.3) is 0 Å². The lowest BCUT2D eigenvalue weighted by molar-refractivity contribution is -0.136. The van der Waals surface area contributed by atoms with Gasteiger partial charge < -0.3 is 4.90 Å². The minimum Gasteiger partial charge on any atom is -0.341 e. The first kappa shape index (κ1) is 31.4. The summed E-state index contributed by atoms with van der Waals surface area (Å²) in [5.74, 6) is -0.865. The molecule has 1 atom stereocenters.